The van der Waals surface area contributed by atoms with E-state index in [1.807, 2.05) is 4.98 Å². The van der Waals surface area contributed by atoms with Gasteiger partial charge in [-0.05, 0) is 6.08 Å². The highest BCUT2D eigenvalue weighted by Crippen LogP contribution is 2.34. The number of primary amides is 1. The number of aromatic nitrogens is 2. The van der Waals surface area contributed by atoms with Crippen molar-refractivity contribution in [3.8, 4) is 0 Å². The fourth-order valence-electron chi connectivity index (χ4n) is 3.38. The average molecular weight is 459 g/mol. The van der Waals surface area contributed by atoms with E-state index in [4.69, 9.17) is 29.8 Å². The second-order valence-corrected chi connectivity index (χ2v) is 6.96. The van der Waals surface area contributed by atoms with Crippen LogP contribution >= 0.6 is 0 Å². The average Bonchev–Trinajstić information content (AvgIpc) is 3.04. The molecule has 15 nitrogen and oxygen atoms in total. The van der Waals surface area contributed by atoms with Crippen LogP contribution in [-0.4, -0.2) is 91.9 Å². The second kappa shape index (κ2) is 9.19. The van der Waals surface area contributed by atoms with Crippen LogP contribution in [0.5, 0.6) is 0 Å². The molecule has 3 heterocycles. The van der Waals surface area contributed by atoms with Crippen molar-refractivity contribution in [2.24, 2.45) is 5.73 Å². The summed E-state index contributed by atoms with van der Waals surface area (Å²) in [7, 11) is 1.17. The van der Waals surface area contributed by atoms with Crippen molar-refractivity contribution < 1.29 is 49.0 Å². The lowest BCUT2D eigenvalue weighted by atomic mass is 10.0. The largest absolute Gasteiger partial charge is 0.475 e. The molecule has 0 radical (unpaired) electrons. The number of methoxy groups -OCH3 is 1. The fourth-order valence-corrected chi connectivity index (χ4v) is 3.38. The van der Waals surface area contributed by atoms with Crippen LogP contribution < -0.4 is 17.0 Å². The van der Waals surface area contributed by atoms with Gasteiger partial charge in [0.2, 0.25) is 18.0 Å². The molecule has 7 N–H and O–H groups in total. The fraction of sp³-hybridized carbons (Fsp3) is 0.529. The molecule has 0 saturated carbocycles. The van der Waals surface area contributed by atoms with Gasteiger partial charge in [0.1, 0.15) is 30.5 Å². The number of carbonyl (C=O) groups excluding carboxylic acids is 1. The van der Waals surface area contributed by atoms with Gasteiger partial charge < -0.3 is 45.1 Å². The molecule has 1 fully saturated rings. The Bertz CT molecular complexity index is 1020. The number of nitrogens with zero attached hydrogens (tertiary/aromatic N) is 1. The number of carbonyl (C=O) groups is 2. The van der Waals surface area contributed by atoms with Crippen molar-refractivity contribution in [2.45, 2.75) is 49.1 Å². The predicted molar refractivity (Wildman–Crippen MR) is 98.7 cm³/mol. The minimum Gasteiger partial charge on any atom is -0.475 e. The number of rotatable bonds is 7. The first-order valence-electron chi connectivity index (χ1n) is 9.15. The number of aromatic amines is 1. The number of ether oxygens (including phenoxy) is 4. The molecule has 1 aromatic rings. The Balaban J connectivity index is 1.89. The monoisotopic (exact) mass is 459 g/mol. The van der Waals surface area contributed by atoms with Gasteiger partial charge >= 0.3 is 11.7 Å². The normalized spacial score (nSPS) is 33.2. The van der Waals surface area contributed by atoms with Crippen LogP contribution in [-0.2, 0) is 28.5 Å². The summed E-state index contributed by atoms with van der Waals surface area (Å²) in [4.78, 5) is 48.6. The van der Waals surface area contributed by atoms with Gasteiger partial charge in [-0.1, -0.05) is 0 Å². The molecule has 0 aromatic carbocycles. The first kappa shape index (κ1) is 23.6. The number of carboxylic acid groups (broad SMARTS) is 1. The third-order valence-electron chi connectivity index (χ3n) is 4.91. The number of hydrogen-bond acceptors (Lipinski definition) is 11. The van der Waals surface area contributed by atoms with Crippen LogP contribution in [0, 0.1) is 0 Å². The van der Waals surface area contributed by atoms with Gasteiger partial charge in [0, 0.05) is 19.4 Å². The predicted octanol–water partition coefficient (Wildman–Crippen LogP) is -4.27. The van der Waals surface area contributed by atoms with Crippen molar-refractivity contribution in [3.63, 3.8) is 0 Å². The van der Waals surface area contributed by atoms with Crippen LogP contribution in [0.15, 0.2) is 33.7 Å². The van der Waals surface area contributed by atoms with Crippen molar-refractivity contribution in [3.05, 3.63) is 44.9 Å². The summed E-state index contributed by atoms with van der Waals surface area (Å²) in [6, 6.07) is 1.00. The smallest absolute Gasteiger partial charge is 0.371 e. The lowest BCUT2D eigenvalue weighted by molar-refractivity contribution is -0.242. The third kappa shape index (κ3) is 4.43. The second-order valence-electron chi connectivity index (χ2n) is 6.96. The summed E-state index contributed by atoms with van der Waals surface area (Å²) in [5.41, 5.74) is 3.77. The van der Waals surface area contributed by atoms with Gasteiger partial charge in [-0.25, -0.2) is 9.59 Å². The molecule has 0 aliphatic carbocycles. The summed E-state index contributed by atoms with van der Waals surface area (Å²) < 4.78 is 21.9. The number of nitrogens with two attached hydrogens (primary N) is 1. The van der Waals surface area contributed by atoms with Crippen LogP contribution in [0.2, 0.25) is 0 Å². The van der Waals surface area contributed by atoms with Gasteiger partial charge in [0.05, 0.1) is 0 Å². The molecule has 0 bridgehead atoms. The number of carboxylic acids is 1. The van der Waals surface area contributed by atoms with Gasteiger partial charge in [0.25, 0.3) is 5.56 Å². The quantitative estimate of drug-likeness (QED) is 0.227. The molecule has 1 aromatic heterocycles. The number of H-pyrrole nitrogens is 1. The molecule has 15 heteroatoms. The van der Waals surface area contributed by atoms with E-state index in [-0.39, 0.29) is 0 Å². The lowest BCUT2D eigenvalue weighted by Gasteiger charge is -2.34. The Morgan fingerprint density at radius 3 is 2.50 bits per heavy atom. The molecule has 2 aliphatic heterocycles. The zero-order valence-electron chi connectivity index (χ0n) is 16.4. The summed E-state index contributed by atoms with van der Waals surface area (Å²) >= 11 is 0. The molecule has 2 aliphatic rings. The molecule has 0 spiro atoms. The standard InChI is InChI=1S/C17H21N3O12/c1-29-10-9(24)14(20-3-2-7(22)19-17(20)28)31-11(10)12(13(18)25)32-16-8(23)5(21)4-6(30-16)15(26)27/h2-5,8-12,14,16,21,23-24H,1H3,(H2,18,25)(H,26,27)(H,19,22,28)/t5-,8-,9+,10-,11?,12+,14+,16+/m0/s1. The molecule has 1 unspecified atom stereocenters. The topological polar surface area (TPSA) is 233 Å². The zero-order chi connectivity index (χ0) is 23.7. The van der Waals surface area contributed by atoms with Gasteiger partial charge in [-0.2, -0.15) is 0 Å². The first-order chi connectivity index (χ1) is 15.0. The molecule has 8 atom stereocenters. The number of nitrogens with one attached hydrogen (secondary N) is 1. The zero-order valence-corrected chi connectivity index (χ0v) is 16.4. The number of aliphatic hydroxyl groups is 3. The Labute approximate surface area is 178 Å². The van der Waals surface area contributed by atoms with E-state index in [1.54, 1.807) is 0 Å². The molecular formula is C17H21N3O12. The Morgan fingerprint density at radius 1 is 1.25 bits per heavy atom. The van der Waals surface area contributed by atoms with E-state index in [0.717, 1.165) is 22.9 Å². The maximum absolute atomic E-state index is 12.1. The van der Waals surface area contributed by atoms with Crippen LogP contribution in [0.3, 0.4) is 0 Å². The number of aliphatic carboxylic acids is 1. The highest BCUT2D eigenvalue weighted by Gasteiger charge is 2.52. The Kier molecular flexibility index (Phi) is 6.77. The maximum atomic E-state index is 12.1. The van der Waals surface area contributed by atoms with Gasteiger partial charge in [-0.15, -0.1) is 0 Å². The van der Waals surface area contributed by atoms with Crippen LogP contribution in [0.1, 0.15) is 6.23 Å². The van der Waals surface area contributed by atoms with E-state index >= 15 is 0 Å². The SMILES string of the molecule is CO[C@@H]1C([C@@H](O[C@H]2OC(C(=O)O)=C[C@H](O)[C@@H]2O)C(N)=O)O[C@@H](n2ccc(=O)[nH]c2=O)[C@@H]1O. The minimum atomic E-state index is -1.85. The highest BCUT2D eigenvalue weighted by atomic mass is 16.7. The molecule has 1 saturated heterocycles. The highest BCUT2D eigenvalue weighted by molar-refractivity contribution is 5.84. The Morgan fingerprint density at radius 2 is 1.94 bits per heavy atom. The van der Waals surface area contributed by atoms with E-state index in [0.29, 0.717) is 0 Å². The number of aliphatic hydroxyl groups excluding tert-OH is 3. The van der Waals surface area contributed by atoms with E-state index in [2.05, 4.69) is 0 Å². The Hall–Kier alpha value is -3.08. The van der Waals surface area contributed by atoms with E-state index in [1.165, 1.54) is 7.11 Å². The lowest BCUT2D eigenvalue weighted by Crippen LogP contribution is -2.53. The van der Waals surface area contributed by atoms with Crippen LogP contribution in [0.25, 0.3) is 0 Å². The number of amides is 1. The molecule has 3 rings (SSSR count). The molecule has 176 valence electrons. The molecule has 1 amide bonds. The van der Waals surface area contributed by atoms with Crippen molar-refractivity contribution in [1.82, 2.24) is 9.55 Å². The third-order valence-corrected chi connectivity index (χ3v) is 4.91. The summed E-state index contributed by atoms with van der Waals surface area (Å²) in [6.07, 6.45) is -11.1. The first-order valence-corrected chi connectivity index (χ1v) is 9.15. The van der Waals surface area contributed by atoms with Crippen molar-refractivity contribution in [1.29, 1.82) is 0 Å². The van der Waals surface area contributed by atoms with Crippen molar-refractivity contribution in [2.75, 3.05) is 7.11 Å². The van der Waals surface area contributed by atoms with Gasteiger partial charge in [0.15, 0.2) is 12.3 Å². The molecular weight excluding hydrogens is 438 g/mol. The number of hydrogen-bond donors (Lipinski definition) is 6. The summed E-state index contributed by atoms with van der Waals surface area (Å²) in [5.74, 6) is -3.49. The van der Waals surface area contributed by atoms with E-state index < -0.39 is 78.0 Å². The summed E-state index contributed by atoms with van der Waals surface area (Å²) in [5, 5.41) is 39.6. The van der Waals surface area contributed by atoms with Crippen molar-refractivity contribution >= 4 is 11.9 Å². The minimum absolute atomic E-state index is 0.693. The molecule has 32 heavy (non-hydrogen) atoms. The summed E-state index contributed by atoms with van der Waals surface area (Å²) in [6.45, 7) is 0. The van der Waals surface area contributed by atoms with Crippen LogP contribution in [0.4, 0.5) is 0 Å². The van der Waals surface area contributed by atoms with E-state index in [9.17, 15) is 34.5 Å². The van der Waals surface area contributed by atoms with Gasteiger partial charge in [-0.3, -0.25) is 19.1 Å². The maximum Gasteiger partial charge on any atom is 0.371 e.